The van der Waals surface area contributed by atoms with Gasteiger partial charge in [0.25, 0.3) is 5.91 Å². The van der Waals surface area contributed by atoms with Gasteiger partial charge in [0.1, 0.15) is 4.88 Å². The van der Waals surface area contributed by atoms with Gasteiger partial charge in [-0.2, -0.15) is 0 Å². The molecule has 6 nitrogen and oxygen atoms in total. The topological polar surface area (TPSA) is 77.0 Å². The van der Waals surface area contributed by atoms with E-state index in [0.717, 1.165) is 5.56 Å². The molecule has 1 amide bonds. The number of nitrogens with zero attached hydrogens (tertiary/aromatic N) is 3. The van der Waals surface area contributed by atoms with E-state index in [9.17, 15) is 4.79 Å². The molecule has 0 bridgehead atoms. The minimum absolute atomic E-state index is 0.305. The Morgan fingerprint density at radius 1 is 1.17 bits per heavy atom. The van der Waals surface area contributed by atoms with E-state index in [-0.39, 0.29) is 5.91 Å². The summed E-state index contributed by atoms with van der Waals surface area (Å²) < 4.78 is 0. The summed E-state index contributed by atoms with van der Waals surface area (Å²) in [5.74, 6) is 0.183. The number of benzene rings is 1. The molecule has 2 heterocycles. The van der Waals surface area contributed by atoms with Gasteiger partial charge in [0.2, 0.25) is 0 Å². The van der Waals surface area contributed by atoms with Crippen LogP contribution in [-0.2, 0) is 11.4 Å². The van der Waals surface area contributed by atoms with Crippen LogP contribution in [0, 0.1) is 6.92 Å². The van der Waals surface area contributed by atoms with Crippen molar-refractivity contribution in [2.75, 3.05) is 0 Å². The molecular weight excluding hydrogens is 312 g/mol. The third-order valence-corrected chi connectivity index (χ3v) is 4.16. The quantitative estimate of drug-likeness (QED) is 0.730. The van der Waals surface area contributed by atoms with E-state index in [1.54, 1.807) is 25.4 Å². The molecule has 0 unspecified atom stereocenters. The van der Waals surface area contributed by atoms with Crippen LogP contribution in [-0.4, -0.2) is 20.9 Å². The number of nitrogens with one attached hydrogen (secondary N) is 1. The Bertz CT molecular complexity index is 790. The van der Waals surface area contributed by atoms with E-state index in [1.807, 2.05) is 30.3 Å². The van der Waals surface area contributed by atoms with Gasteiger partial charge >= 0.3 is 0 Å². The normalized spacial score (nSPS) is 10.5. The zero-order chi connectivity index (χ0) is 16.1. The zero-order valence-corrected chi connectivity index (χ0v) is 13.2. The van der Waals surface area contributed by atoms with Gasteiger partial charge in [-0.25, -0.2) is 20.4 Å². The van der Waals surface area contributed by atoms with E-state index in [4.69, 9.17) is 4.84 Å². The molecule has 2 aromatic heterocycles. The Morgan fingerprint density at radius 2 is 1.91 bits per heavy atom. The first-order chi connectivity index (χ1) is 11.2. The number of thiazole rings is 1. The van der Waals surface area contributed by atoms with E-state index < -0.39 is 0 Å². The highest BCUT2D eigenvalue weighted by Gasteiger charge is 2.17. The lowest BCUT2D eigenvalue weighted by molar-refractivity contribution is 0.0236. The van der Waals surface area contributed by atoms with Crippen molar-refractivity contribution in [3.63, 3.8) is 0 Å². The molecular formula is C16H14N4O2S. The number of rotatable bonds is 5. The number of carbonyl (C=O) groups is 1. The summed E-state index contributed by atoms with van der Waals surface area (Å²) in [5, 5.41) is 0.608. The Morgan fingerprint density at radius 3 is 2.65 bits per heavy atom. The van der Waals surface area contributed by atoms with Gasteiger partial charge in [-0.05, 0) is 18.6 Å². The third-order valence-electron chi connectivity index (χ3n) is 3.01. The molecule has 3 rings (SSSR count). The van der Waals surface area contributed by atoms with E-state index >= 15 is 0 Å². The van der Waals surface area contributed by atoms with Gasteiger partial charge in [-0.1, -0.05) is 30.3 Å². The van der Waals surface area contributed by atoms with Crippen molar-refractivity contribution in [1.29, 1.82) is 0 Å². The molecule has 0 saturated heterocycles. The predicted octanol–water partition coefficient (Wildman–Crippen LogP) is 2.77. The maximum atomic E-state index is 12.2. The standard InChI is InChI=1S/C16H14N4O2S/c1-11-13(23-16(19-11)14-17-8-5-9-18-14)15(21)20-22-10-12-6-3-2-4-7-12/h2-9H,10H2,1H3,(H,20,21). The molecule has 1 N–H and O–H groups in total. The number of aromatic nitrogens is 3. The van der Waals surface area contributed by atoms with Crippen LogP contribution in [0.25, 0.3) is 10.8 Å². The van der Waals surface area contributed by atoms with Gasteiger partial charge in [0, 0.05) is 12.4 Å². The maximum Gasteiger partial charge on any atom is 0.286 e. The van der Waals surface area contributed by atoms with Crippen LogP contribution < -0.4 is 5.48 Å². The van der Waals surface area contributed by atoms with Gasteiger partial charge in [-0.3, -0.25) is 9.63 Å². The average Bonchev–Trinajstić information content (AvgIpc) is 2.98. The highest BCUT2D eigenvalue weighted by atomic mass is 32.1. The van der Waals surface area contributed by atoms with Crippen molar-refractivity contribution in [3.05, 3.63) is 64.9 Å². The predicted molar refractivity (Wildman–Crippen MR) is 86.6 cm³/mol. The Labute approximate surface area is 137 Å². The fourth-order valence-electron chi connectivity index (χ4n) is 1.92. The van der Waals surface area contributed by atoms with Gasteiger partial charge in [0.15, 0.2) is 10.8 Å². The van der Waals surface area contributed by atoms with Crippen LogP contribution in [0.15, 0.2) is 48.8 Å². The Hall–Kier alpha value is -2.64. The highest BCUT2D eigenvalue weighted by Crippen LogP contribution is 2.24. The van der Waals surface area contributed by atoms with Gasteiger partial charge in [0.05, 0.1) is 12.3 Å². The van der Waals surface area contributed by atoms with Crippen LogP contribution in [0.1, 0.15) is 20.9 Å². The molecule has 0 atom stereocenters. The SMILES string of the molecule is Cc1nc(-c2ncccn2)sc1C(=O)NOCc1ccccc1. The maximum absolute atomic E-state index is 12.2. The summed E-state index contributed by atoms with van der Waals surface area (Å²) in [7, 11) is 0. The van der Waals surface area contributed by atoms with Crippen molar-refractivity contribution >= 4 is 17.2 Å². The minimum atomic E-state index is -0.321. The van der Waals surface area contributed by atoms with Crippen LogP contribution in [0.5, 0.6) is 0 Å². The third kappa shape index (κ3) is 3.77. The Balaban J connectivity index is 1.65. The van der Waals surface area contributed by atoms with Gasteiger partial charge in [-0.15, -0.1) is 11.3 Å². The second-order valence-electron chi connectivity index (χ2n) is 4.71. The first-order valence-corrected chi connectivity index (χ1v) is 7.76. The molecule has 3 aromatic rings. The van der Waals surface area contributed by atoms with Crippen molar-refractivity contribution in [1.82, 2.24) is 20.4 Å². The summed E-state index contributed by atoms with van der Waals surface area (Å²) in [4.78, 5) is 30.6. The zero-order valence-electron chi connectivity index (χ0n) is 12.4. The molecule has 7 heteroatoms. The molecule has 116 valence electrons. The number of aryl methyl sites for hydroxylation is 1. The lowest BCUT2D eigenvalue weighted by Gasteiger charge is -2.04. The monoisotopic (exact) mass is 326 g/mol. The van der Waals surface area contributed by atoms with E-state index in [2.05, 4.69) is 20.4 Å². The van der Waals surface area contributed by atoms with Crippen molar-refractivity contribution in [2.45, 2.75) is 13.5 Å². The molecule has 0 aliphatic rings. The van der Waals surface area contributed by atoms with E-state index in [1.165, 1.54) is 11.3 Å². The summed E-state index contributed by atoms with van der Waals surface area (Å²) in [6.07, 6.45) is 3.28. The molecule has 0 aliphatic heterocycles. The number of hydroxylamine groups is 1. The average molecular weight is 326 g/mol. The van der Waals surface area contributed by atoms with Crippen LogP contribution in [0.3, 0.4) is 0 Å². The van der Waals surface area contributed by atoms with Crippen molar-refractivity contribution in [2.24, 2.45) is 0 Å². The Kier molecular flexibility index (Phi) is 4.70. The second kappa shape index (κ2) is 7.08. The minimum Gasteiger partial charge on any atom is -0.269 e. The van der Waals surface area contributed by atoms with Crippen molar-refractivity contribution < 1.29 is 9.63 Å². The van der Waals surface area contributed by atoms with Crippen LogP contribution in [0.2, 0.25) is 0 Å². The largest absolute Gasteiger partial charge is 0.286 e. The molecule has 0 spiro atoms. The smallest absolute Gasteiger partial charge is 0.269 e. The highest BCUT2D eigenvalue weighted by molar-refractivity contribution is 7.17. The van der Waals surface area contributed by atoms with Crippen LogP contribution >= 0.6 is 11.3 Å². The fourth-order valence-corrected chi connectivity index (χ4v) is 2.82. The van der Waals surface area contributed by atoms with E-state index in [0.29, 0.717) is 28.0 Å². The second-order valence-corrected chi connectivity index (χ2v) is 5.71. The molecule has 1 aromatic carbocycles. The number of amides is 1. The summed E-state index contributed by atoms with van der Waals surface area (Å²) in [6.45, 7) is 2.08. The summed E-state index contributed by atoms with van der Waals surface area (Å²) in [6, 6.07) is 11.3. The number of hydrogen-bond donors (Lipinski definition) is 1. The molecule has 23 heavy (non-hydrogen) atoms. The molecule has 0 saturated carbocycles. The molecule has 0 aliphatic carbocycles. The van der Waals surface area contributed by atoms with Crippen LogP contribution in [0.4, 0.5) is 0 Å². The van der Waals surface area contributed by atoms with Crippen molar-refractivity contribution in [3.8, 4) is 10.8 Å². The first kappa shape index (κ1) is 15.3. The summed E-state index contributed by atoms with van der Waals surface area (Å²) >= 11 is 1.24. The molecule has 0 fully saturated rings. The lowest BCUT2D eigenvalue weighted by Crippen LogP contribution is -2.23. The van der Waals surface area contributed by atoms with Gasteiger partial charge < -0.3 is 0 Å². The molecule has 0 radical (unpaired) electrons. The number of carbonyl (C=O) groups excluding carboxylic acids is 1. The number of hydrogen-bond acceptors (Lipinski definition) is 6. The fraction of sp³-hybridized carbons (Fsp3) is 0.125. The first-order valence-electron chi connectivity index (χ1n) is 6.95. The summed E-state index contributed by atoms with van der Waals surface area (Å²) in [5.41, 5.74) is 4.05. The lowest BCUT2D eigenvalue weighted by atomic mass is 10.2.